The summed E-state index contributed by atoms with van der Waals surface area (Å²) < 4.78 is 13.3. The molecular weight excluding hydrogens is 261 g/mol. The van der Waals surface area contributed by atoms with Crippen molar-refractivity contribution in [2.45, 2.75) is 58.4 Å². The van der Waals surface area contributed by atoms with E-state index >= 15 is 0 Å². The second-order valence-electron chi connectivity index (χ2n) is 5.09. The molecule has 3 heteroatoms. The summed E-state index contributed by atoms with van der Waals surface area (Å²) in [5, 5.41) is 4.21. The monoisotopic (exact) mass is 285 g/mol. The molecule has 0 aliphatic rings. The molecule has 1 unspecified atom stereocenters. The molecule has 1 rings (SSSR count). The maximum atomic E-state index is 13.3. The molecule has 0 amide bonds. The normalized spacial score (nSPS) is 12.6. The van der Waals surface area contributed by atoms with Crippen LogP contribution in [0.2, 0.25) is 5.02 Å². The summed E-state index contributed by atoms with van der Waals surface area (Å²) in [6.07, 6.45) is 6.73. The van der Waals surface area contributed by atoms with Gasteiger partial charge in [-0.15, -0.1) is 0 Å². The van der Waals surface area contributed by atoms with E-state index < -0.39 is 0 Å². The van der Waals surface area contributed by atoms with E-state index in [1.807, 2.05) is 0 Å². The van der Waals surface area contributed by atoms with Crippen molar-refractivity contribution < 1.29 is 4.39 Å². The van der Waals surface area contributed by atoms with Gasteiger partial charge in [-0.1, -0.05) is 44.7 Å². The molecule has 1 aromatic rings. The van der Waals surface area contributed by atoms with Gasteiger partial charge in [0.1, 0.15) is 5.82 Å². The second-order valence-corrected chi connectivity index (χ2v) is 5.49. The molecule has 0 saturated heterocycles. The molecule has 0 aliphatic heterocycles. The molecule has 108 valence electrons. The van der Waals surface area contributed by atoms with Crippen molar-refractivity contribution in [3.63, 3.8) is 0 Å². The maximum Gasteiger partial charge on any atom is 0.123 e. The van der Waals surface area contributed by atoms with Gasteiger partial charge in [0.25, 0.3) is 0 Å². The smallest absolute Gasteiger partial charge is 0.123 e. The van der Waals surface area contributed by atoms with Gasteiger partial charge in [0.05, 0.1) is 0 Å². The van der Waals surface area contributed by atoms with Crippen LogP contribution in [0.5, 0.6) is 0 Å². The molecule has 0 bridgehead atoms. The number of rotatable bonds is 9. The minimum atomic E-state index is -0.206. The van der Waals surface area contributed by atoms with E-state index in [9.17, 15) is 4.39 Å². The van der Waals surface area contributed by atoms with Gasteiger partial charge in [-0.05, 0) is 49.6 Å². The Bertz CT molecular complexity index is 368. The lowest BCUT2D eigenvalue weighted by atomic mass is 10.00. The third-order valence-corrected chi connectivity index (χ3v) is 3.68. The molecule has 0 fully saturated rings. The average Bonchev–Trinajstić information content (AvgIpc) is 2.40. The predicted molar refractivity (Wildman–Crippen MR) is 81.3 cm³/mol. The Kier molecular flexibility index (Phi) is 8.08. The number of unbranched alkanes of at least 4 members (excludes halogenated alkanes) is 2. The van der Waals surface area contributed by atoms with Crippen LogP contribution in [0.1, 0.15) is 51.5 Å². The van der Waals surface area contributed by atoms with Crippen molar-refractivity contribution in [3.05, 3.63) is 34.6 Å². The molecule has 0 saturated carbocycles. The fourth-order valence-corrected chi connectivity index (χ4v) is 2.43. The molecular formula is C16H25ClFN. The van der Waals surface area contributed by atoms with Crippen molar-refractivity contribution in [1.29, 1.82) is 0 Å². The topological polar surface area (TPSA) is 12.0 Å². The van der Waals surface area contributed by atoms with Gasteiger partial charge in [-0.25, -0.2) is 4.39 Å². The fraction of sp³-hybridized carbons (Fsp3) is 0.625. The Morgan fingerprint density at radius 1 is 1.21 bits per heavy atom. The van der Waals surface area contributed by atoms with Gasteiger partial charge >= 0.3 is 0 Å². The Morgan fingerprint density at radius 3 is 2.68 bits per heavy atom. The third-order valence-electron chi connectivity index (χ3n) is 3.31. The maximum absolute atomic E-state index is 13.3. The lowest BCUT2D eigenvalue weighted by Crippen LogP contribution is -2.31. The van der Waals surface area contributed by atoms with Gasteiger partial charge in [0.15, 0.2) is 0 Å². The van der Waals surface area contributed by atoms with E-state index in [0.29, 0.717) is 11.1 Å². The predicted octanol–water partition coefficient (Wildman–Crippen LogP) is 4.97. The van der Waals surface area contributed by atoms with Crippen molar-refractivity contribution in [1.82, 2.24) is 5.32 Å². The molecule has 0 aromatic heterocycles. The van der Waals surface area contributed by atoms with Crippen LogP contribution in [0.4, 0.5) is 4.39 Å². The highest BCUT2D eigenvalue weighted by molar-refractivity contribution is 6.31. The van der Waals surface area contributed by atoms with Crippen LogP contribution in [-0.4, -0.2) is 12.6 Å². The Labute approximate surface area is 121 Å². The van der Waals surface area contributed by atoms with Crippen LogP contribution in [-0.2, 0) is 6.42 Å². The highest BCUT2D eigenvalue weighted by Crippen LogP contribution is 2.20. The Morgan fingerprint density at radius 2 is 2.00 bits per heavy atom. The van der Waals surface area contributed by atoms with E-state index in [1.54, 1.807) is 12.1 Å². The van der Waals surface area contributed by atoms with Crippen LogP contribution in [0.25, 0.3) is 0 Å². The van der Waals surface area contributed by atoms with Crippen LogP contribution < -0.4 is 5.32 Å². The lowest BCUT2D eigenvalue weighted by Gasteiger charge is -2.19. The molecule has 0 aliphatic carbocycles. The van der Waals surface area contributed by atoms with Crippen molar-refractivity contribution in [2.75, 3.05) is 6.54 Å². The van der Waals surface area contributed by atoms with E-state index in [-0.39, 0.29) is 5.82 Å². The first-order valence-electron chi connectivity index (χ1n) is 7.34. The quantitative estimate of drug-likeness (QED) is 0.632. The standard InChI is InChI=1S/C16H25ClFN/c1-3-5-6-7-15(19-10-4-2)12-13-11-14(18)8-9-16(13)17/h8-9,11,15,19H,3-7,10,12H2,1-2H3. The molecule has 0 heterocycles. The van der Waals surface area contributed by atoms with Gasteiger partial charge < -0.3 is 5.32 Å². The zero-order chi connectivity index (χ0) is 14.1. The molecule has 19 heavy (non-hydrogen) atoms. The van der Waals surface area contributed by atoms with E-state index in [2.05, 4.69) is 19.2 Å². The summed E-state index contributed by atoms with van der Waals surface area (Å²) in [5.41, 5.74) is 0.909. The third kappa shape index (κ3) is 6.40. The average molecular weight is 286 g/mol. The summed E-state index contributed by atoms with van der Waals surface area (Å²) in [5.74, 6) is -0.206. The van der Waals surface area contributed by atoms with Gasteiger partial charge in [-0.2, -0.15) is 0 Å². The highest BCUT2D eigenvalue weighted by atomic mass is 35.5. The van der Waals surface area contributed by atoms with Crippen molar-refractivity contribution in [3.8, 4) is 0 Å². The second kappa shape index (κ2) is 9.33. The highest BCUT2D eigenvalue weighted by Gasteiger charge is 2.11. The minimum Gasteiger partial charge on any atom is -0.314 e. The molecule has 0 spiro atoms. The number of benzene rings is 1. The number of halogens is 2. The van der Waals surface area contributed by atoms with Crippen LogP contribution in [0.15, 0.2) is 18.2 Å². The largest absolute Gasteiger partial charge is 0.314 e. The lowest BCUT2D eigenvalue weighted by molar-refractivity contribution is 0.455. The number of nitrogens with one attached hydrogen (secondary N) is 1. The number of hydrogen-bond acceptors (Lipinski definition) is 1. The van der Waals surface area contributed by atoms with Gasteiger partial charge in [0.2, 0.25) is 0 Å². The Balaban J connectivity index is 2.61. The van der Waals surface area contributed by atoms with Crippen molar-refractivity contribution in [2.24, 2.45) is 0 Å². The molecule has 1 aromatic carbocycles. The zero-order valence-electron chi connectivity index (χ0n) is 12.0. The van der Waals surface area contributed by atoms with Crippen LogP contribution in [0.3, 0.4) is 0 Å². The van der Waals surface area contributed by atoms with Crippen LogP contribution in [0, 0.1) is 5.82 Å². The first-order valence-corrected chi connectivity index (χ1v) is 7.72. The summed E-state index contributed by atoms with van der Waals surface area (Å²) in [6.45, 7) is 5.37. The van der Waals surface area contributed by atoms with Crippen LogP contribution >= 0.6 is 11.6 Å². The van der Waals surface area contributed by atoms with E-state index in [0.717, 1.165) is 31.4 Å². The molecule has 1 N–H and O–H groups in total. The fourth-order valence-electron chi connectivity index (χ4n) is 2.23. The van der Waals surface area contributed by atoms with Gasteiger partial charge in [-0.3, -0.25) is 0 Å². The first-order chi connectivity index (χ1) is 9.17. The van der Waals surface area contributed by atoms with Crippen molar-refractivity contribution >= 4 is 11.6 Å². The summed E-state index contributed by atoms with van der Waals surface area (Å²) >= 11 is 6.14. The SMILES string of the molecule is CCCCCC(Cc1cc(F)ccc1Cl)NCCC. The Hall–Kier alpha value is -0.600. The zero-order valence-corrected chi connectivity index (χ0v) is 12.8. The molecule has 1 atom stereocenters. The first kappa shape index (κ1) is 16.5. The van der Waals surface area contributed by atoms with E-state index in [4.69, 9.17) is 11.6 Å². The summed E-state index contributed by atoms with van der Waals surface area (Å²) in [4.78, 5) is 0. The minimum absolute atomic E-state index is 0.206. The molecule has 1 nitrogen and oxygen atoms in total. The summed E-state index contributed by atoms with van der Waals surface area (Å²) in [7, 11) is 0. The van der Waals surface area contributed by atoms with Gasteiger partial charge in [0, 0.05) is 11.1 Å². The molecule has 0 radical (unpaired) electrons. The summed E-state index contributed by atoms with van der Waals surface area (Å²) in [6, 6.07) is 5.01. The van der Waals surface area contributed by atoms with E-state index in [1.165, 1.54) is 25.3 Å². The number of hydrogen-bond donors (Lipinski definition) is 1.